The predicted molar refractivity (Wildman–Crippen MR) is 82.5 cm³/mol. The Bertz CT molecular complexity index is 522. The van der Waals surface area contributed by atoms with Gasteiger partial charge in [0.2, 0.25) is 0 Å². The van der Waals surface area contributed by atoms with Gasteiger partial charge in [-0.3, -0.25) is 0 Å². The molecule has 3 heteroatoms. The first-order valence-corrected chi connectivity index (χ1v) is 7.40. The minimum atomic E-state index is -0.735. The summed E-state index contributed by atoms with van der Waals surface area (Å²) in [6.07, 6.45) is 1.59. The van der Waals surface area contributed by atoms with E-state index in [0.717, 1.165) is 12.1 Å². The van der Waals surface area contributed by atoms with Crippen molar-refractivity contribution < 1.29 is 9.90 Å². The summed E-state index contributed by atoms with van der Waals surface area (Å²) in [7, 11) is 0. The molecule has 1 aromatic rings. The normalized spacial score (nSPS) is 22.2. The molecule has 110 valence electrons. The molecule has 2 rings (SSSR count). The van der Waals surface area contributed by atoms with Crippen LogP contribution in [-0.4, -0.2) is 22.7 Å². The molecule has 0 saturated carbocycles. The van der Waals surface area contributed by atoms with E-state index < -0.39 is 12.0 Å². The summed E-state index contributed by atoms with van der Waals surface area (Å²) in [5, 5.41) is 9.56. The summed E-state index contributed by atoms with van der Waals surface area (Å²) in [6, 6.07) is 5.91. The van der Waals surface area contributed by atoms with Crippen LogP contribution in [0.4, 0.5) is 5.69 Å². The fraction of sp³-hybridized carbons (Fsp3) is 0.588. The van der Waals surface area contributed by atoms with Crippen LogP contribution in [0.15, 0.2) is 18.2 Å². The molecule has 20 heavy (non-hydrogen) atoms. The van der Waals surface area contributed by atoms with Crippen molar-refractivity contribution in [3.05, 3.63) is 29.3 Å². The molecule has 0 aromatic heterocycles. The Balaban J connectivity index is 2.59. The van der Waals surface area contributed by atoms with Crippen LogP contribution >= 0.6 is 0 Å². The van der Waals surface area contributed by atoms with Crippen LogP contribution in [0, 0.1) is 6.92 Å². The van der Waals surface area contributed by atoms with E-state index in [1.807, 2.05) is 6.92 Å². The second kappa shape index (κ2) is 5.12. The lowest BCUT2D eigenvalue weighted by Crippen LogP contribution is -2.56. The van der Waals surface area contributed by atoms with E-state index in [1.54, 1.807) is 0 Å². The number of fused-ring (bicyclic) bond motifs is 1. The second-order valence-electron chi connectivity index (χ2n) is 6.61. The zero-order chi connectivity index (χ0) is 15.1. The summed E-state index contributed by atoms with van der Waals surface area (Å²) >= 11 is 0. The van der Waals surface area contributed by atoms with Gasteiger partial charge in [0.1, 0.15) is 6.04 Å². The van der Waals surface area contributed by atoms with Gasteiger partial charge in [0.25, 0.3) is 0 Å². The van der Waals surface area contributed by atoms with Crippen molar-refractivity contribution in [1.29, 1.82) is 0 Å². The number of carbonyl (C=O) groups is 1. The summed E-state index contributed by atoms with van der Waals surface area (Å²) in [5.74, 6) is -0.274. The highest BCUT2D eigenvalue weighted by Gasteiger charge is 2.41. The van der Waals surface area contributed by atoms with Crippen molar-refractivity contribution in [3.8, 4) is 0 Å². The SMILES string of the molecule is CC[C@@H](C(=O)O)N1c2ccc(C)cc2[C@@H](C)CC1(C)C. The number of carboxylic acids is 1. The first kappa shape index (κ1) is 14.9. The van der Waals surface area contributed by atoms with Crippen molar-refractivity contribution in [2.45, 2.75) is 65.0 Å². The van der Waals surface area contributed by atoms with E-state index in [2.05, 4.69) is 50.8 Å². The Kier molecular flexibility index (Phi) is 3.81. The van der Waals surface area contributed by atoms with Gasteiger partial charge >= 0.3 is 5.97 Å². The first-order chi connectivity index (χ1) is 9.27. The highest BCUT2D eigenvalue weighted by molar-refractivity contribution is 5.80. The van der Waals surface area contributed by atoms with Crippen molar-refractivity contribution >= 4 is 11.7 Å². The van der Waals surface area contributed by atoms with Crippen molar-refractivity contribution in [1.82, 2.24) is 0 Å². The largest absolute Gasteiger partial charge is 0.480 e. The number of aryl methyl sites for hydroxylation is 1. The maximum absolute atomic E-state index is 11.6. The Morgan fingerprint density at radius 2 is 2.15 bits per heavy atom. The van der Waals surface area contributed by atoms with Crippen LogP contribution in [0.25, 0.3) is 0 Å². The number of aliphatic carboxylic acids is 1. The molecular weight excluding hydrogens is 250 g/mol. The van der Waals surface area contributed by atoms with Crippen LogP contribution in [0.5, 0.6) is 0 Å². The highest BCUT2D eigenvalue weighted by atomic mass is 16.4. The summed E-state index contributed by atoms with van der Waals surface area (Å²) in [5.41, 5.74) is 3.47. The summed E-state index contributed by atoms with van der Waals surface area (Å²) in [6.45, 7) is 10.6. The van der Waals surface area contributed by atoms with Gasteiger partial charge < -0.3 is 10.0 Å². The van der Waals surface area contributed by atoms with Crippen molar-refractivity contribution in [3.63, 3.8) is 0 Å². The van der Waals surface area contributed by atoms with E-state index in [4.69, 9.17) is 0 Å². The summed E-state index contributed by atoms with van der Waals surface area (Å²) < 4.78 is 0. The molecule has 0 saturated heterocycles. The monoisotopic (exact) mass is 275 g/mol. The lowest BCUT2D eigenvalue weighted by Gasteiger charge is -2.50. The minimum absolute atomic E-state index is 0.138. The van der Waals surface area contributed by atoms with E-state index in [0.29, 0.717) is 12.3 Å². The van der Waals surface area contributed by atoms with Gasteiger partial charge in [-0.25, -0.2) is 4.79 Å². The maximum atomic E-state index is 11.6. The molecule has 2 atom stereocenters. The lowest BCUT2D eigenvalue weighted by atomic mass is 9.78. The van der Waals surface area contributed by atoms with Crippen molar-refractivity contribution in [2.75, 3.05) is 4.90 Å². The van der Waals surface area contributed by atoms with Gasteiger partial charge in [-0.2, -0.15) is 0 Å². The van der Waals surface area contributed by atoms with Gasteiger partial charge in [0.15, 0.2) is 0 Å². The molecule has 1 heterocycles. The first-order valence-electron chi connectivity index (χ1n) is 7.40. The topological polar surface area (TPSA) is 40.5 Å². The molecule has 0 aliphatic carbocycles. The molecule has 1 N–H and O–H groups in total. The standard InChI is InChI=1S/C17H25NO2/c1-6-14(16(19)20)18-15-8-7-11(2)9-13(15)12(3)10-17(18,4)5/h7-9,12,14H,6,10H2,1-5H3,(H,19,20)/t12-,14-/m0/s1. The Labute approximate surface area is 121 Å². The molecular formula is C17H25NO2. The molecule has 1 aliphatic rings. The van der Waals surface area contributed by atoms with Gasteiger partial charge in [0.05, 0.1) is 0 Å². The van der Waals surface area contributed by atoms with E-state index in [1.165, 1.54) is 11.1 Å². The molecule has 1 aromatic carbocycles. The third-order valence-corrected chi connectivity index (χ3v) is 4.41. The Morgan fingerprint density at radius 3 is 2.70 bits per heavy atom. The minimum Gasteiger partial charge on any atom is -0.480 e. The van der Waals surface area contributed by atoms with Crippen LogP contribution < -0.4 is 4.90 Å². The summed E-state index contributed by atoms with van der Waals surface area (Å²) in [4.78, 5) is 13.7. The molecule has 0 radical (unpaired) electrons. The van der Waals surface area contributed by atoms with Crippen LogP contribution in [0.2, 0.25) is 0 Å². The van der Waals surface area contributed by atoms with E-state index in [-0.39, 0.29) is 5.54 Å². The van der Waals surface area contributed by atoms with Gasteiger partial charge in [-0.1, -0.05) is 31.5 Å². The molecule has 3 nitrogen and oxygen atoms in total. The highest BCUT2D eigenvalue weighted by Crippen LogP contribution is 2.45. The molecule has 1 aliphatic heterocycles. The third kappa shape index (κ3) is 2.41. The fourth-order valence-corrected chi connectivity index (χ4v) is 3.63. The quantitative estimate of drug-likeness (QED) is 0.908. The zero-order valence-electron chi connectivity index (χ0n) is 13.1. The van der Waals surface area contributed by atoms with E-state index in [9.17, 15) is 9.90 Å². The Hall–Kier alpha value is -1.51. The number of hydrogen-bond acceptors (Lipinski definition) is 2. The number of nitrogens with zero attached hydrogens (tertiary/aromatic N) is 1. The molecule has 0 bridgehead atoms. The molecule has 0 spiro atoms. The number of anilines is 1. The molecule has 0 unspecified atom stereocenters. The van der Waals surface area contributed by atoms with Gasteiger partial charge in [-0.05, 0) is 51.2 Å². The van der Waals surface area contributed by atoms with Crippen LogP contribution in [-0.2, 0) is 4.79 Å². The van der Waals surface area contributed by atoms with Gasteiger partial charge in [0, 0.05) is 11.2 Å². The van der Waals surface area contributed by atoms with Gasteiger partial charge in [-0.15, -0.1) is 0 Å². The predicted octanol–water partition coefficient (Wildman–Crippen LogP) is 3.95. The zero-order valence-corrected chi connectivity index (χ0v) is 13.1. The number of benzene rings is 1. The number of hydrogen-bond donors (Lipinski definition) is 1. The number of rotatable bonds is 3. The maximum Gasteiger partial charge on any atom is 0.326 e. The fourth-order valence-electron chi connectivity index (χ4n) is 3.63. The average Bonchev–Trinajstić information content (AvgIpc) is 2.33. The second-order valence-corrected chi connectivity index (χ2v) is 6.61. The Morgan fingerprint density at radius 1 is 1.50 bits per heavy atom. The third-order valence-electron chi connectivity index (χ3n) is 4.41. The van der Waals surface area contributed by atoms with E-state index >= 15 is 0 Å². The lowest BCUT2D eigenvalue weighted by molar-refractivity contribution is -0.139. The molecule has 0 fully saturated rings. The van der Waals surface area contributed by atoms with Crippen LogP contribution in [0.1, 0.15) is 57.6 Å². The average molecular weight is 275 g/mol. The smallest absolute Gasteiger partial charge is 0.326 e. The van der Waals surface area contributed by atoms with Crippen molar-refractivity contribution in [2.24, 2.45) is 0 Å². The number of carboxylic acid groups (broad SMARTS) is 1. The van der Waals surface area contributed by atoms with Crippen LogP contribution in [0.3, 0.4) is 0 Å². The molecule has 0 amide bonds.